The Balaban J connectivity index is 1.78. The highest BCUT2D eigenvalue weighted by molar-refractivity contribution is 6.34. The fourth-order valence-corrected chi connectivity index (χ4v) is 2.66. The number of anilines is 1. The van der Waals surface area contributed by atoms with Gasteiger partial charge in [0.15, 0.2) is 0 Å². The van der Waals surface area contributed by atoms with Crippen LogP contribution in [0.3, 0.4) is 0 Å². The minimum Gasteiger partial charge on any atom is -0.378 e. The monoisotopic (exact) mass is 362 g/mol. The second kappa shape index (κ2) is 7.63. The molecule has 1 heterocycles. The average molecular weight is 363 g/mol. The first-order chi connectivity index (χ1) is 12.0. The molecule has 2 aromatic rings. The molecular weight excluding hydrogens is 347 g/mol. The molecule has 25 heavy (non-hydrogen) atoms. The number of rotatable bonds is 3. The van der Waals surface area contributed by atoms with E-state index in [4.69, 9.17) is 16.3 Å². The van der Waals surface area contributed by atoms with Crippen molar-refractivity contribution in [2.75, 3.05) is 31.6 Å². The van der Waals surface area contributed by atoms with Crippen LogP contribution in [0.25, 0.3) is 0 Å². The number of nitrogens with one attached hydrogen (secondary N) is 1. The number of hydrogen-bond acceptors (Lipinski definition) is 3. The van der Waals surface area contributed by atoms with E-state index in [9.17, 15) is 14.0 Å². The van der Waals surface area contributed by atoms with Gasteiger partial charge in [-0.1, -0.05) is 11.6 Å². The van der Waals surface area contributed by atoms with E-state index in [0.29, 0.717) is 48.1 Å². The van der Waals surface area contributed by atoms with Gasteiger partial charge in [0, 0.05) is 24.2 Å². The maximum atomic E-state index is 13.0. The van der Waals surface area contributed by atoms with E-state index >= 15 is 0 Å². The number of hydrogen-bond donors (Lipinski definition) is 1. The number of carbonyl (C=O) groups excluding carboxylic acids is 2. The minimum atomic E-state index is -0.433. The molecule has 3 rings (SSSR count). The van der Waals surface area contributed by atoms with Crippen LogP contribution < -0.4 is 5.32 Å². The van der Waals surface area contributed by atoms with Gasteiger partial charge in [0.05, 0.1) is 23.9 Å². The lowest BCUT2D eigenvalue weighted by atomic mass is 10.1. The van der Waals surface area contributed by atoms with Crippen molar-refractivity contribution in [3.05, 3.63) is 64.4 Å². The van der Waals surface area contributed by atoms with Crippen molar-refractivity contribution in [1.29, 1.82) is 0 Å². The van der Waals surface area contributed by atoms with E-state index in [0.717, 1.165) is 0 Å². The molecular formula is C18H16ClFN2O3. The lowest BCUT2D eigenvalue weighted by molar-refractivity contribution is 0.0303. The Morgan fingerprint density at radius 3 is 2.36 bits per heavy atom. The molecule has 1 aliphatic heterocycles. The van der Waals surface area contributed by atoms with Crippen molar-refractivity contribution >= 4 is 29.1 Å². The van der Waals surface area contributed by atoms with Gasteiger partial charge in [-0.15, -0.1) is 0 Å². The van der Waals surface area contributed by atoms with Gasteiger partial charge in [-0.3, -0.25) is 9.59 Å². The molecule has 0 saturated carbocycles. The molecule has 130 valence electrons. The summed E-state index contributed by atoms with van der Waals surface area (Å²) in [5, 5.41) is 2.97. The smallest absolute Gasteiger partial charge is 0.255 e. The van der Waals surface area contributed by atoms with Gasteiger partial charge in [0.2, 0.25) is 0 Å². The van der Waals surface area contributed by atoms with Crippen LogP contribution in [-0.2, 0) is 4.74 Å². The summed E-state index contributed by atoms with van der Waals surface area (Å²) in [6, 6.07) is 9.89. The Kier molecular flexibility index (Phi) is 5.31. The van der Waals surface area contributed by atoms with E-state index < -0.39 is 11.7 Å². The molecule has 2 amide bonds. The maximum Gasteiger partial charge on any atom is 0.255 e. The molecule has 1 aliphatic rings. The molecule has 7 heteroatoms. The average Bonchev–Trinajstić information content (AvgIpc) is 2.64. The first kappa shape index (κ1) is 17.4. The van der Waals surface area contributed by atoms with Crippen LogP contribution in [0.15, 0.2) is 42.5 Å². The van der Waals surface area contributed by atoms with Gasteiger partial charge in [0.25, 0.3) is 11.8 Å². The van der Waals surface area contributed by atoms with Crippen LogP contribution in [0.5, 0.6) is 0 Å². The topological polar surface area (TPSA) is 58.6 Å². The Morgan fingerprint density at radius 1 is 1.04 bits per heavy atom. The number of benzene rings is 2. The second-order valence-electron chi connectivity index (χ2n) is 5.56. The van der Waals surface area contributed by atoms with Crippen molar-refractivity contribution in [3.63, 3.8) is 0 Å². The Morgan fingerprint density at radius 2 is 1.68 bits per heavy atom. The van der Waals surface area contributed by atoms with Crippen molar-refractivity contribution in [2.24, 2.45) is 0 Å². The second-order valence-corrected chi connectivity index (χ2v) is 5.97. The predicted molar refractivity (Wildman–Crippen MR) is 92.5 cm³/mol. The van der Waals surface area contributed by atoms with Crippen molar-refractivity contribution < 1.29 is 18.7 Å². The summed E-state index contributed by atoms with van der Waals surface area (Å²) in [6.45, 7) is 2.07. The predicted octanol–water partition coefficient (Wildman–Crippen LogP) is 3.20. The number of halogens is 2. The number of nitrogens with zero attached hydrogens (tertiary/aromatic N) is 1. The Hall–Kier alpha value is -2.44. The molecule has 2 aromatic carbocycles. The summed E-state index contributed by atoms with van der Waals surface area (Å²) in [5.74, 6) is -0.997. The quantitative estimate of drug-likeness (QED) is 0.912. The number of morpholine rings is 1. The summed E-state index contributed by atoms with van der Waals surface area (Å²) < 4.78 is 18.2. The molecule has 0 aromatic heterocycles. The maximum absolute atomic E-state index is 13.0. The van der Waals surface area contributed by atoms with Crippen LogP contribution >= 0.6 is 11.6 Å². The highest BCUT2D eigenvalue weighted by Crippen LogP contribution is 2.24. The molecule has 5 nitrogen and oxygen atoms in total. The summed E-state index contributed by atoms with van der Waals surface area (Å²) in [6.07, 6.45) is 0. The van der Waals surface area contributed by atoms with Gasteiger partial charge in [-0.05, 0) is 42.5 Å². The van der Waals surface area contributed by atoms with Crippen LogP contribution in [0.1, 0.15) is 20.7 Å². The van der Waals surface area contributed by atoms with Gasteiger partial charge in [-0.2, -0.15) is 0 Å². The lowest BCUT2D eigenvalue weighted by Crippen LogP contribution is -2.40. The van der Waals surface area contributed by atoms with Gasteiger partial charge >= 0.3 is 0 Å². The van der Waals surface area contributed by atoms with E-state index in [1.807, 2.05) is 0 Å². The zero-order chi connectivity index (χ0) is 17.8. The molecule has 1 saturated heterocycles. The van der Waals surface area contributed by atoms with Crippen LogP contribution in [0.4, 0.5) is 10.1 Å². The summed E-state index contributed by atoms with van der Waals surface area (Å²) in [7, 11) is 0. The van der Waals surface area contributed by atoms with E-state index in [1.165, 1.54) is 24.3 Å². The van der Waals surface area contributed by atoms with Gasteiger partial charge in [0.1, 0.15) is 5.82 Å². The molecule has 1 N–H and O–H groups in total. The zero-order valence-electron chi connectivity index (χ0n) is 13.3. The van der Waals surface area contributed by atoms with Crippen LogP contribution in [-0.4, -0.2) is 43.0 Å². The number of amides is 2. The van der Waals surface area contributed by atoms with Crippen LogP contribution in [0.2, 0.25) is 5.02 Å². The third kappa shape index (κ3) is 4.15. The summed E-state index contributed by atoms with van der Waals surface area (Å²) >= 11 is 6.12. The van der Waals surface area contributed by atoms with Gasteiger partial charge in [-0.25, -0.2) is 4.39 Å². The molecule has 0 aliphatic carbocycles. The highest BCUT2D eigenvalue weighted by atomic mass is 35.5. The fraction of sp³-hybridized carbons (Fsp3) is 0.222. The highest BCUT2D eigenvalue weighted by Gasteiger charge is 2.20. The first-order valence-electron chi connectivity index (χ1n) is 7.78. The summed E-state index contributed by atoms with van der Waals surface area (Å²) in [4.78, 5) is 26.5. The largest absolute Gasteiger partial charge is 0.378 e. The lowest BCUT2D eigenvalue weighted by Gasteiger charge is -2.27. The Labute approximate surface area is 149 Å². The van der Waals surface area contributed by atoms with E-state index in [-0.39, 0.29) is 5.91 Å². The van der Waals surface area contributed by atoms with E-state index in [2.05, 4.69) is 5.32 Å². The molecule has 0 unspecified atom stereocenters. The fourth-order valence-electron chi connectivity index (χ4n) is 2.50. The SMILES string of the molecule is O=C(Nc1cc(C(=O)N2CCOCC2)ccc1Cl)c1ccc(F)cc1. The van der Waals surface area contributed by atoms with E-state index in [1.54, 1.807) is 23.1 Å². The third-order valence-electron chi connectivity index (χ3n) is 3.87. The minimum absolute atomic E-state index is 0.141. The normalized spacial score (nSPS) is 14.2. The van der Waals surface area contributed by atoms with Gasteiger partial charge < -0.3 is 15.0 Å². The number of ether oxygens (including phenoxy) is 1. The van der Waals surface area contributed by atoms with Crippen molar-refractivity contribution in [2.45, 2.75) is 0 Å². The molecule has 0 spiro atoms. The standard InChI is InChI=1S/C18H16ClFN2O3/c19-15-6-3-13(18(24)22-7-9-25-10-8-22)11-16(15)21-17(23)12-1-4-14(20)5-2-12/h1-6,11H,7-10H2,(H,21,23). The summed E-state index contributed by atoms with van der Waals surface area (Å²) in [5.41, 5.74) is 1.05. The van der Waals surface area contributed by atoms with Crippen molar-refractivity contribution in [3.8, 4) is 0 Å². The third-order valence-corrected chi connectivity index (χ3v) is 4.20. The number of carbonyl (C=O) groups is 2. The zero-order valence-corrected chi connectivity index (χ0v) is 14.1. The molecule has 1 fully saturated rings. The Bertz CT molecular complexity index is 789. The molecule has 0 bridgehead atoms. The van der Waals surface area contributed by atoms with Crippen LogP contribution in [0, 0.1) is 5.82 Å². The molecule has 0 radical (unpaired) electrons. The first-order valence-corrected chi connectivity index (χ1v) is 8.16. The molecule has 0 atom stereocenters. The van der Waals surface area contributed by atoms with Crippen molar-refractivity contribution in [1.82, 2.24) is 4.90 Å².